The lowest BCUT2D eigenvalue weighted by Crippen LogP contribution is -2.25. The summed E-state index contributed by atoms with van der Waals surface area (Å²) in [6.07, 6.45) is 5.83. The number of aryl methyl sites for hydroxylation is 1. The maximum atomic E-state index is 12.1. The Balaban J connectivity index is 1.22. The van der Waals surface area contributed by atoms with Crippen molar-refractivity contribution < 1.29 is 9.53 Å². The van der Waals surface area contributed by atoms with Crippen LogP contribution in [0.15, 0.2) is 48.7 Å². The molecule has 156 valence electrons. The number of ether oxygens (including phenoxy) is 1. The van der Waals surface area contributed by atoms with Crippen molar-refractivity contribution in [3.8, 4) is 5.75 Å². The van der Waals surface area contributed by atoms with Crippen LogP contribution >= 0.6 is 0 Å². The fourth-order valence-electron chi connectivity index (χ4n) is 4.18. The molecule has 0 unspecified atom stereocenters. The number of carbonyl (C=O) groups is 1. The van der Waals surface area contributed by atoms with Gasteiger partial charge >= 0.3 is 0 Å². The van der Waals surface area contributed by atoms with Gasteiger partial charge in [-0.05, 0) is 66.0 Å². The third-order valence-corrected chi connectivity index (χ3v) is 6.13. The Morgan fingerprint density at radius 1 is 1.13 bits per heavy atom. The van der Waals surface area contributed by atoms with Gasteiger partial charge in [0, 0.05) is 49.9 Å². The number of nitrogens with zero attached hydrogens (tertiary/aromatic N) is 1. The third kappa shape index (κ3) is 4.68. The van der Waals surface area contributed by atoms with E-state index in [-0.39, 0.29) is 5.91 Å². The van der Waals surface area contributed by atoms with Gasteiger partial charge in [-0.1, -0.05) is 18.2 Å². The first-order valence-electron chi connectivity index (χ1n) is 11.0. The molecule has 1 aliphatic heterocycles. The van der Waals surface area contributed by atoms with Crippen LogP contribution < -0.4 is 10.1 Å². The normalized spacial score (nSPS) is 16.7. The van der Waals surface area contributed by atoms with E-state index in [1.165, 1.54) is 40.4 Å². The molecule has 0 spiro atoms. The number of H-pyrrole nitrogens is 1. The molecule has 2 aromatic carbocycles. The molecule has 1 saturated carbocycles. The Hall–Kier alpha value is -2.79. The van der Waals surface area contributed by atoms with Crippen molar-refractivity contribution in [2.24, 2.45) is 5.92 Å². The van der Waals surface area contributed by atoms with Gasteiger partial charge in [0.25, 0.3) is 0 Å². The highest BCUT2D eigenvalue weighted by Gasteiger charge is 2.21. The summed E-state index contributed by atoms with van der Waals surface area (Å²) < 4.78 is 6.00. The minimum absolute atomic E-state index is 0.162. The molecule has 2 aliphatic rings. The zero-order valence-electron chi connectivity index (χ0n) is 17.3. The van der Waals surface area contributed by atoms with Gasteiger partial charge in [0.15, 0.2) is 0 Å². The number of benzene rings is 2. The van der Waals surface area contributed by atoms with E-state index in [2.05, 4.69) is 57.7 Å². The van der Waals surface area contributed by atoms with E-state index in [1.54, 1.807) is 0 Å². The van der Waals surface area contributed by atoms with Crippen LogP contribution in [-0.4, -0.2) is 35.5 Å². The number of amides is 1. The maximum absolute atomic E-state index is 12.1. The molecule has 0 radical (unpaired) electrons. The zero-order chi connectivity index (χ0) is 20.3. The van der Waals surface area contributed by atoms with E-state index < -0.39 is 0 Å². The van der Waals surface area contributed by atoms with Gasteiger partial charge in [0.05, 0.1) is 0 Å². The molecule has 5 nitrogen and oxygen atoms in total. The first-order chi connectivity index (χ1) is 14.7. The molecule has 1 fully saturated rings. The summed E-state index contributed by atoms with van der Waals surface area (Å²) in [5.41, 5.74) is 4.91. The van der Waals surface area contributed by atoms with E-state index in [4.69, 9.17) is 4.74 Å². The van der Waals surface area contributed by atoms with Gasteiger partial charge in [0.1, 0.15) is 12.4 Å². The number of hydrogen-bond donors (Lipinski definition) is 2. The molecule has 2 heterocycles. The molecule has 0 atom stereocenters. The van der Waals surface area contributed by atoms with Crippen molar-refractivity contribution in [1.82, 2.24) is 15.2 Å². The Labute approximate surface area is 177 Å². The standard InChI is InChI=1S/C25H29N3O2/c29-25(27-15-19-1-2-19)8-5-18-4-7-24-22(13-18)17-28(11-12-30-24)16-20-3-6-23-21(14-20)9-10-26-23/h3-4,6-7,9-10,13-14,19,26H,1-2,5,8,11-12,15-17H2,(H,27,29). The lowest BCUT2D eigenvalue weighted by Gasteiger charge is -2.19. The van der Waals surface area contributed by atoms with Crippen LogP contribution in [0.4, 0.5) is 0 Å². The Morgan fingerprint density at radius 3 is 2.93 bits per heavy atom. The molecular formula is C25H29N3O2. The molecule has 3 aromatic rings. The van der Waals surface area contributed by atoms with Crippen molar-refractivity contribution in [1.29, 1.82) is 0 Å². The highest BCUT2D eigenvalue weighted by atomic mass is 16.5. The minimum atomic E-state index is 0.162. The Morgan fingerprint density at radius 2 is 2.03 bits per heavy atom. The summed E-state index contributed by atoms with van der Waals surface area (Å²) in [5, 5.41) is 4.31. The summed E-state index contributed by atoms with van der Waals surface area (Å²) in [6.45, 7) is 4.21. The minimum Gasteiger partial charge on any atom is -0.492 e. The molecular weight excluding hydrogens is 374 g/mol. The quantitative estimate of drug-likeness (QED) is 0.626. The van der Waals surface area contributed by atoms with Crippen LogP contribution in [0.1, 0.15) is 36.0 Å². The second-order valence-corrected chi connectivity index (χ2v) is 8.65. The van der Waals surface area contributed by atoms with Gasteiger partial charge in [0.2, 0.25) is 5.91 Å². The van der Waals surface area contributed by atoms with Gasteiger partial charge in [-0.3, -0.25) is 9.69 Å². The fourth-order valence-corrected chi connectivity index (χ4v) is 4.18. The van der Waals surface area contributed by atoms with E-state index >= 15 is 0 Å². The molecule has 0 saturated heterocycles. The molecule has 5 rings (SSSR count). The number of nitrogens with one attached hydrogen (secondary N) is 2. The molecule has 0 bridgehead atoms. The number of hydrogen-bond acceptors (Lipinski definition) is 3. The van der Waals surface area contributed by atoms with E-state index in [0.717, 1.165) is 44.3 Å². The number of rotatable bonds is 7. The molecule has 1 amide bonds. The van der Waals surface area contributed by atoms with Crippen molar-refractivity contribution >= 4 is 16.8 Å². The summed E-state index contributed by atoms with van der Waals surface area (Å²) in [4.78, 5) is 17.8. The largest absolute Gasteiger partial charge is 0.492 e. The van der Waals surface area contributed by atoms with Crippen LogP contribution in [0.2, 0.25) is 0 Å². The first-order valence-corrected chi connectivity index (χ1v) is 11.0. The van der Waals surface area contributed by atoms with Crippen molar-refractivity contribution in [3.63, 3.8) is 0 Å². The highest BCUT2D eigenvalue weighted by molar-refractivity contribution is 5.79. The van der Waals surface area contributed by atoms with Gasteiger partial charge in [-0.25, -0.2) is 0 Å². The SMILES string of the molecule is O=C(CCc1ccc2c(c1)CN(Cc1ccc3[nH]ccc3c1)CCO2)NCC1CC1. The van der Waals surface area contributed by atoms with Crippen molar-refractivity contribution in [2.45, 2.75) is 38.8 Å². The molecule has 30 heavy (non-hydrogen) atoms. The lowest BCUT2D eigenvalue weighted by molar-refractivity contribution is -0.121. The molecule has 5 heteroatoms. The van der Waals surface area contributed by atoms with Gasteiger partial charge < -0.3 is 15.0 Å². The van der Waals surface area contributed by atoms with Gasteiger partial charge in [-0.15, -0.1) is 0 Å². The maximum Gasteiger partial charge on any atom is 0.220 e. The van der Waals surface area contributed by atoms with E-state index in [9.17, 15) is 4.79 Å². The summed E-state index contributed by atoms with van der Waals surface area (Å²) in [7, 11) is 0. The topological polar surface area (TPSA) is 57.4 Å². The summed E-state index contributed by atoms with van der Waals surface area (Å²) >= 11 is 0. The Kier molecular flexibility index (Phi) is 5.45. The number of aromatic nitrogens is 1. The van der Waals surface area contributed by atoms with Crippen LogP contribution in [0.5, 0.6) is 5.75 Å². The monoisotopic (exact) mass is 403 g/mol. The van der Waals surface area contributed by atoms with Crippen LogP contribution in [-0.2, 0) is 24.3 Å². The second kappa shape index (κ2) is 8.52. The lowest BCUT2D eigenvalue weighted by atomic mass is 10.0. The molecule has 2 N–H and O–H groups in total. The number of aromatic amines is 1. The van der Waals surface area contributed by atoms with Crippen LogP contribution in [0.3, 0.4) is 0 Å². The van der Waals surface area contributed by atoms with Crippen molar-refractivity contribution in [3.05, 3.63) is 65.4 Å². The fraction of sp³-hybridized carbons (Fsp3) is 0.400. The van der Waals surface area contributed by atoms with Gasteiger partial charge in [-0.2, -0.15) is 0 Å². The average molecular weight is 404 g/mol. The predicted octanol–water partition coefficient (Wildman–Crippen LogP) is 4.02. The third-order valence-electron chi connectivity index (χ3n) is 6.13. The average Bonchev–Trinajstić information content (AvgIpc) is 3.50. The van der Waals surface area contributed by atoms with Crippen molar-refractivity contribution in [2.75, 3.05) is 19.7 Å². The highest BCUT2D eigenvalue weighted by Crippen LogP contribution is 2.28. The smallest absolute Gasteiger partial charge is 0.220 e. The Bertz CT molecular complexity index is 1040. The number of carbonyl (C=O) groups excluding carboxylic acids is 1. The molecule has 1 aromatic heterocycles. The predicted molar refractivity (Wildman–Crippen MR) is 118 cm³/mol. The molecule has 1 aliphatic carbocycles. The second-order valence-electron chi connectivity index (χ2n) is 8.65. The number of fused-ring (bicyclic) bond motifs is 2. The summed E-state index contributed by atoms with van der Waals surface area (Å²) in [6, 6.07) is 15.1. The van der Waals surface area contributed by atoms with E-state index in [0.29, 0.717) is 13.0 Å². The van der Waals surface area contributed by atoms with Crippen LogP contribution in [0, 0.1) is 5.92 Å². The zero-order valence-corrected chi connectivity index (χ0v) is 17.3. The van der Waals surface area contributed by atoms with E-state index in [1.807, 2.05) is 6.20 Å². The first kappa shape index (κ1) is 19.2. The van der Waals surface area contributed by atoms with Crippen LogP contribution in [0.25, 0.3) is 10.9 Å². The summed E-state index contributed by atoms with van der Waals surface area (Å²) in [5.74, 6) is 1.86.